The Bertz CT molecular complexity index is 646. The molecule has 0 spiro atoms. The van der Waals surface area contributed by atoms with Crippen molar-refractivity contribution in [2.24, 2.45) is 5.73 Å². The van der Waals surface area contributed by atoms with Crippen LogP contribution in [0.25, 0.3) is 0 Å². The van der Waals surface area contributed by atoms with E-state index in [9.17, 15) is 8.42 Å². The molecule has 0 aliphatic rings. The van der Waals surface area contributed by atoms with Crippen molar-refractivity contribution in [1.82, 2.24) is 10.0 Å². The van der Waals surface area contributed by atoms with E-state index in [1.165, 1.54) is 0 Å². The lowest BCUT2D eigenvalue weighted by molar-refractivity contribution is 0.506. The van der Waals surface area contributed by atoms with Gasteiger partial charge in [0.25, 0.3) is 0 Å². The number of nitrogens with one attached hydrogen (secondary N) is 2. The second kappa shape index (κ2) is 8.25. The molecule has 6 heteroatoms. The highest BCUT2D eigenvalue weighted by Gasteiger charge is 2.20. The highest BCUT2D eigenvalue weighted by atomic mass is 32.2. The summed E-state index contributed by atoms with van der Waals surface area (Å²) >= 11 is 0. The fraction of sp³-hybridized carbons (Fsp3) is 0.556. The van der Waals surface area contributed by atoms with Crippen molar-refractivity contribution in [3.63, 3.8) is 0 Å². The molecule has 0 aromatic heterocycles. The Labute approximate surface area is 146 Å². The van der Waals surface area contributed by atoms with Crippen molar-refractivity contribution in [3.05, 3.63) is 42.0 Å². The average molecular weight is 354 g/mol. The predicted molar refractivity (Wildman–Crippen MR) is 101 cm³/mol. The van der Waals surface area contributed by atoms with Crippen LogP contribution in [0.2, 0.25) is 0 Å². The maximum absolute atomic E-state index is 12.5. The van der Waals surface area contributed by atoms with Crippen LogP contribution in [0.5, 0.6) is 0 Å². The normalized spacial score (nSPS) is 15.1. The van der Waals surface area contributed by atoms with E-state index in [0.29, 0.717) is 13.1 Å². The molecule has 0 heterocycles. The molecule has 0 saturated heterocycles. The molecule has 0 aliphatic carbocycles. The molecule has 1 aromatic rings. The molecule has 0 fully saturated rings. The number of hydrogen-bond donors (Lipinski definition) is 3. The molecule has 0 bridgehead atoms. The van der Waals surface area contributed by atoms with Crippen molar-refractivity contribution in [3.8, 4) is 0 Å². The van der Waals surface area contributed by atoms with Crippen molar-refractivity contribution < 1.29 is 8.42 Å². The van der Waals surface area contributed by atoms with Gasteiger partial charge in [-0.25, -0.2) is 13.1 Å². The number of nitrogens with two attached hydrogens (primary N) is 1. The summed E-state index contributed by atoms with van der Waals surface area (Å²) in [6.07, 6.45) is 0. The third-order valence-electron chi connectivity index (χ3n) is 3.89. The molecule has 136 valence electrons. The molecule has 0 aliphatic heterocycles. The van der Waals surface area contributed by atoms with Crippen molar-refractivity contribution >= 4 is 10.0 Å². The summed E-state index contributed by atoms with van der Waals surface area (Å²) in [5, 5.41) is 3.22. The first-order valence-electron chi connectivity index (χ1n) is 8.19. The standard InChI is InChI=1S/C18H31N3O2S/c1-13(2)17(11-19)20-12-14(3)21-24(22,23)16-9-7-15(8-10-16)18(4,5)6/h7-10,14,17,20-21H,1,11-12,19H2,2-6H3/t14-,17+/m0/s1. The van der Waals surface area contributed by atoms with Crippen LogP contribution < -0.4 is 15.8 Å². The Hall–Kier alpha value is -1.21. The van der Waals surface area contributed by atoms with Gasteiger partial charge in [-0.3, -0.25) is 0 Å². The molecule has 0 radical (unpaired) electrons. The van der Waals surface area contributed by atoms with Gasteiger partial charge in [0, 0.05) is 25.2 Å². The summed E-state index contributed by atoms with van der Waals surface area (Å²) in [6.45, 7) is 14.8. The summed E-state index contributed by atoms with van der Waals surface area (Å²) in [6, 6.07) is 6.76. The van der Waals surface area contributed by atoms with Gasteiger partial charge in [0.15, 0.2) is 0 Å². The Morgan fingerprint density at radius 2 is 1.79 bits per heavy atom. The van der Waals surface area contributed by atoms with E-state index in [1.54, 1.807) is 12.1 Å². The summed E-state index contributed by atoms with van der Waals surface area (Å²) in [5.74, 6) is 0. The monoisotopic (exact) mass is 353 g/mol. The highest BCUT2D eigenvalue weighted by molar-refractivity contribution is 7.89. The van der Waals surface area contributed by atoms with Crippen LogP contribution in [0.3, 0.4) is 0 Å². The predicted octanol–water partition coefficient (Wildman–Crippen LogP) is 2.14. The third kappa shape index (κ3) is 6.02. The lowest BCUT2D eigenvalue weighted by Gasteiger charge is -2.21. The first-order valence-corrected chi connectivity index (χ1v) is 9.67. The van der Waals surface area contributed by atoms with Gasteiger partial charge < -0.3 is 11.1 Å². The van der Waals surface area contributed by atoms with E-state index >= 15 is 0 Å². The summed E-state index contributed by atoms with van der Waals surface area (Å²) < 4.78 is 27.6. The minimum absolute atomic E-state index is 0.00723. The van der Waals surface area contributed by atoms with Crippen molar-refractivity contribution in [2.45, 2.75) is 57.0 Å². The summed E-state index contributed by atoms with van der Waals surface area (Å²) in [5.41, 5.74) is 7.69. The molecular weight excluding hydrogens is 322 g/mol. The van der Waals surface area contributed by atoms with Gasteiger partial charge in [-0.05, 0) is 37.0 Å². The summed E-state index contributed by atoms with van der Waals surface area (Å²) in [7, 11) is -3.54. The molecule has 2 atom stereocenters. The molecule has 1 aromatic carbocycles. The molecular formula is C18H31N3O2S. The van der Waals surface area contributed by atoms with Crippen LogP contribution in [0.1, 0.15) is 40.2 Å². The van der Waals surface area contributed by atoms with Gasteiger partial charge in [-0.2, -0.15) is 0 Å². The van der Waals surface area contributed by atoms with Crippen LogP contribution in [-0.2, 0) is 15.4 Å². The minimum atomic E-state index is -3.54. The van der Waals surface area contributed by atoms with Crippen LogP contribution in [0, 0.1) is 0 Å². The van der Waals surface area contributed by atoms with Crippen LogP contribution in [-0.4, -0.2) is 33.6 Å². The van der Waals surface area contributed by atoms with Gasteiger partial charge in [-0.15, -0.1) is 0 Å². The van der Waals surface area contributed by atoms with Gasteiger partial charge in [-0.1, -0.05) is 45.1 Å². The Balaban J connectivity index is 2.73. The second-order valence-corrected chi connectivity index (χ2v) is 9.05. The number of hydrogen-bond acceptors (Lipinski definition) is 4. The van der Waals surface area contributed by atoms with E-state index in [1.807, 2.05) is 26.0 Å². The van der Waals surface area contributed by atoms with E-state index in [2.05, 4.69) is 37.4 Å². The van der Waals surface area contributed by atoms with Gasteiger partial charge in [0.1, 0.15) is 0 Å². The third-order valence-corrected chi connectivity index (χ3v) is 5.49. The number of sulfonamides is 1. The fourth-order valence-corrected chi connectivity index (χ4v) is 3.53. The minimum Gasteiger partial charge on any atom is -0.329 e. The SMILES string of the molecule is C=C(C)[C@@H](CN)NC[C@H](C)NS(=O)(=O)c1ccc(C(C)(C)C)cc1. The average Bonchev–Trinajstić information content (AvgIpc) is 2.46. The van der Waals surface area contributed by atoms with Crippen LogP contribution in [0.4, 0.5) is 0 Å². The molecule has 0 amide bonds. The topological polar surface area (TPSA) is 84.2 Å². The van der Waals surface area contributed by atoms with Crippen molar-refractivity contribution in [2.75, 3.05) is 13.1 Å². The second-order valence-electron chi connectivity index (χ2n) is 7.34. The zero-order valence-corrected chi connectivity index (χ0v) is 16.2. The van der Waals surface area contributed by atoms with E-state index < -0.39 is 10.0 Å². The van der Waals surface area contributed by atoms with Crippen molar-refractivity contribution in [1.29, 1.82) is 0 Å². The van der Waals surface area contributed by atoms with Gasteiger partial charge in [0.2, 0.25) is 10.0 Å². The molecule has 24 heavy (non-hydrogen) atoms. The van der Waals surface area contributed by atoms with Crippen LogP contribution in [0.15, 0.2) is 41.3 Å². The first kappa shape index (κ1) is 20.8. The maximum atomic E-state index is 12.5. The number of rotatable bonds is 8. The quantitative estimate of drug-likeness (QED) is 0.625. The van der Waals surface area contributed by atoms with Crippen LogP contribution >= 0.6 is 0 Å². The zero-order valence-electron chi connectivity index (χ0n) is 15.4. The molecule has 0 saturated carbocycles. The van der Waals surface area contributed by atoms with E-state index in [0.717, 1.165) is 11.1 Å². The van der Waals surface area contributed by atoms with Gasteiger partial charge in [0.05, 0.1) is 4.90 Å². The lowest BCUT2D eigenvalue weighted by Crippen LogP contribution is -2.45. The largest absolute Gasteiger partial charge is 0.329 e. The molecule has 5 nitrogen and oxygen atoms in total. The Morgan fingerprint density at radius 3 is 2.21 bits per heavy atom. The van der Waals surface area contributed by atoms with E-state index in [4.69, 9.17) is 5.73 Å². The lowest BCUT2D eigenvalue weighted by atomic mass is 9.87. The van der Waals surface area contributed by atoms with E-state index in [-0.39, 0.29) is 22.4 Å². The first-order chi connectivity index (χ1) is 11.0. The Kier molecular flexibility index (Phi) is 7.16. The number of benzene rings is 1. The van der Waals surface area contributed by atoms with Gasteiger partial charge >= 0.3 is 0 Å². The smallest absolute Gasteiger partial charge is 0.240 e. The Morgan fingerprint density at radius 1 is 1.25 bits per heavy atom. The molecule has 4 N–H and O–H groups in total. The fourth-order valence-electron chi connectivity index (χ4n) is 2.29. The highest BCUT2D eigenvalue weighted by Crippen LogP contribution is 2.23. The summed E-state index contributed by atoms with van der Waals surface area (Å²) in [4.78, 5) is 0.276. The zero-order chi connectivity index (χ0) is 18.5. The molecule has 1 rings (SSSR count). The molecule has 0 unspecified atom stereocenters. The maximum Gasteiger partial charge on any atom is 0.240 e.